The highest BCUT2D eigenvalue weighted by atomic mass is 16.5. The van der Waals surface area contributed by atoms with Crippen molar-refractivity contribution in [2.24, 2.45) is 0 Å². The number of nitrogens with one attached hydrogen (secondary N) is 1. The van der Waals surface area contributed by atoms with Crippen LogP contribution in [0, 0.1) is 0 Å². The van der Waals surface area contributed by atoms with Crippen LogP contribution in [0.15, 0.2) is 42.1 Å². The van der Waals surface area contributed by atoms with E-state index in [0.717, 1.165) is 73.1 Å². The molecule has 3 heterocycles. The van der Waals surface area contributed by atoms with Crippen molar-refractivity contribution in [2.45, 2.75) is 20.3 Å². The smallest absolute Gasteiger partial charge is 0.157 e. The van der Waals surface area contributed by atoms with Crippen LogP contribution in [0.4, 0.5) is 0 Å². The van der Waals surface area contributed by atoms with Gasteiger partial charge in [0.15, 0.2) is 5.65 Å². The Morgan fingerprint density at radius 3 is 2.93 bits per heavy atom. The number of hydrogen-bond donors (Lipinski definition) is 1. The lowest BCUT2D eigenvalue weighted by molar-refractivity contribution is 0.0322. The van der Waals surface area contributed by atoms with Crippen molar-refractivity contribution < 1.29 is 9.47 Å². The van der Waals surface area contributed by atoms with Crippen LogP contribution >= 0.6 is 0 Å². The van der Waals surface area contributed by atoms with E-state index in [1.54, 1.807) is 6.20 Å². The first kappa shape index (κ1) is 19.6. The quantitative estimate of drug-likeness (QED) is 0.654. The van der Waals surface area contributed by atoms with Crippen molar-refractivity contribution in [2.75, 3.05) is 39.5 Å². The maximum atomic E-state index is 6.07. The van der Waals surface area contributed by atoms with Crippen molar-refractivity contribution in [3.63, 3.8) is 0 Å². The van der Waals surface area contributed by atoms with Gasteiger partial charge in [0.1, 0.15) is 23.7 Å². The Hall–Kier alpha value is -2.70. The third-order valence-corrected chi connectivity index (χ3v) is 5.27. The first-order valence-corrected chi connectivity index (χ1v) is 10.3. The minimum atomic E-state index is 0.657. The summed E-state index contributed by atoms with van der Waals surface area (Å²) in [6, 6.07) is 10.1. The zero-order valence-electron chi connectivity index (χ0n) is 17.1. The van der Waals surface area contributed by atoms with Gasteiger partial charge in [-0.15, -0.1) is 0 Å². The van der Waals surface area contributed by atoms with Gasteiger partial charge in [0, 0.05) is 31.4 Å². The first-order chi connectivity index (χ1) is 14.2. The summed E-state index contributed by atoms with van der Waals surface area (Å²) in [6.45, 7) is 9.44. The van der Waals surface area contributed by atoms with E-state index in [9.17, 15) is 0 Å². The molecular weight excluding hydrogens is 364 g/mol. The lowest BCUT2D eigenvalue weighted by atomic mass is 10.0. The van der Waals surface area contributed by atoms with Gasteiger partial charge in [-0.3, -0.25) is 4.90 Å². The molecule has 0 bridgehead atoms. The number of pyridine rings is 1. The molecule has 0 atom stereocenters. The molecule has 6 nitrogen and oxygen atoms in total. The molecule has 0 aliphatic carbocycles. The van der Waals surface area contributed by atoms with E-state index in [1.807, 2.05) is 18.2 Å². The van der Waals surface area contributed by atoms with Crippen molar-refractivity contribution >= 4 is 17.2 Å². The van der Waals surface area contributed by atoms with Crippen LogP contribution in [0.5, 0.6) is 5.75 Å². The molecule has 0 radical (unpaired) electrons. The molecule has 1 aromatic carbocycles. The minimum Gasteiger partial charge on any atom is -0.492 e. The Morgan fingerprint density at radius 2 is 2.14 bits per heavy atom. The second-order valence-electron chi connectivity index (χ2n) is 7.35. The van der Waals surface area contributed by atoms with Crippen LogP contribution in [0.25, 0.3) is 28.6 Å². The molecule has 1 aliphatic rings. The van der Waals surface area contributed by atoms with Crippen molar-refractivity contribution in [3.05, 3.63) is 47.7 Å². The number of nitrogens with zero attached hydrogens (tertiary/aromatic N) is 3. The molecule has 3 aromatic rings. The Balaban J connectivity index is 1.58. The average molecular weight is 393 g/mol. The van der Waals surface area contributed by atoms with Gasteiger partial charge in [-0.1, -0.05) is 24.6 Å². The van der Waals surface area contributed by atoms with Crippen molar-refractivity contribution in [1.29, 1.82) is 0 Å². The fraction of sp³-hybridized carbons (Fsp3) is 0.391. The number of hydrogen-bond acceptors (Lipinski definition) is 5. The topological polar surface area (TPSA) is 63.3 Å². The number of imidazole rings is 1. The van der Waals surface area contributed by atoms with Crippen LogP contribution in [0.2, 0.25) is 0 Å². The third kappa shape index (κ3) is 4.83. The van der Waals surface area contributed by atoms with E-state index >= 15 is 0 Å². The summed E-state index contributed by atoms with van der Waals surface area (Å²) in [4.78, 5) is 14.8. The molecule has 1 saturated heterocycles. The van der Waals surface area contributed by atoms with Gasteiger partial charge >= 0.3 is 0 Å². The molecule has 152 valence electrons. The van der Waals surface area contributed by atoms with E-state index in [-0.39, 0.29) is 0 Å². The molecule has 2 aromatic heterocycles. The van der Waals surface area contributed by atoms with Gasteiger partial charge in [0.25, 0.3) is 0 Å². The lowest BCUT2D eigenvalue weighted by Gasteiger charge is -2.26. The predicted molar refractivity (Wildman–Crippen MR) is 116 cm³/mol. The third-order valence-electron chi connectivity index (χ3n) is 5.27. The van der Waals surface area contributed by atoms with Gasteiger partial charge in [-0.05, 0) is 43.2 Å². The molecule has 6 heteroatoms. The molecule has 29 heavy (non-hydrogen) atoms. The molecule has 1 N–H and O–H groups in total. The van der Waals surface area contributed by atoms with Crippen molar-refractivity contribution in [1.82, 2.24) is 19.9 Å². The minimum absolute atomic E-state index is 0.657. The molecular formula is C23H28N4O2. The van der Waals surface area contributed by atoms with Crippen LogP contribution in [-0.4, -0.2) is 59.3 Å². The Kier molecular flexibility index (Phi) is 6.22. The first-order valence-electron chi connectivity index (χ1n) is 10.3. The fourth-order valence-corrected chi connectivity index (χ4v) is 3.41. The summed E-state index contributed by atoms with van der Waals surface area (Å²) in [5, 5.41) is 0. The monoisotopic (exact) mass is 392 g/mol. The summed E-state index contributed by atoms with van der Waals surface area (Å²) in [6.07, 6.45) is 5.00. The number of rotatable bonds is 7. The maximum absolute atomic E-state index is 6.07. The standard InChI is InChI=1S/C23H28N4O2/c1-3-17(2)15-18-6-7-19(29-14-11-27-9-12-28-13-10-27)16-20(18)22-25-21-5-4-8-24-23(21)26-22/h4-8,15-16H,3,9-14H2,1-2H3,(H,24,25,26)/b17-15+. The van der Waals surface area contributed by atoms with Crippen LogP contribution in [-0.2, 0) is 4.74 Å². The zero-order chi connectivity index (χ0) is 20.1. The van der Waals surface area contributed by atoms with Gasteiger partial charge in [0.2, 0.25) is 0 Å². The van der Waals surface area contributed by atoms with E-state index < -0.39 is 0 Å². The van der Waals surface area contributed by atoms with Gasteiger partial charge in [-0.25, -0.2) is 9.97 Å². The van der Waals surface area contributed by atoms with Gasteiger partial charge in [0.05, 0.1) is 13.2 Å². The predicted octanol–water partition coefficient (Wildman–Crippen LogP) is 4.15. The highest BCUT2D eigenvalue weighted by molar-refractivity contribution is 5.80. The van der Waals surface area contributed by atoms with Gasteiger partial charge < -0.3 is 14.5 Å². The summed E-state index contributed by atoms with van der Waals surface area (Å²) in [5.41, 5.74) is 5.14. The Bertz CT molecular complexity index is 956. The summed E-state index contributed by atoms with van der Waals surface area (Å²) >= 11 is 0. The number of morpholine rings is 1. The van der Waals surface area contributed by atoms with E-state index in [2.05, 4.69) is 46.9 Å². The second kappa shape index (κ2) is 9.20. The lowest BCUT2D eigenvalue weighted by Crippen LogP contribution is -2.38. The summed E-state index contributed by atoms with van der Waals surface area (Å²) in [5.74, 6) is 1.67. The number of aromatic amines is 1. The summed E-state index contributed by atoms with van der Waals surface area (Å²) in [7, 11) is 0. The number of H-pyrrole nitrogens is 1. The highest BCUT2D eigenvalue weighted by Gasteiger charge is 2.13. The average Bonchev–Trinajstić information content (AvgIpc) is 3.19. The fourth-order valence-electron chi connectivity index (χ4n) is 3.41. The number of allylic oxidation sites excluding steroid dienone is 1. The summed E-state index contributed by atoms with van der Waals surface area (Å²) < 4.78 is 11.5. The molecule has 0 unspecified atom stereocenters. The highest BCUT2D eigenvalue weighted by Crippen LogP contribution is 2.29. The van der Waals surface area contributed by atoms with Crippen molar-refractivity contribution in [3.8, 4) is 17.1 Å². The molecule has 0 spiro atoms. The molecule has 0 amide bonds. The number of benzene rings is 1. The number of fused-ring (bicyclic) bond motifs is 1. The molecule has 1 fully saturated rings. The van der Waals surface area contributed by atoms with E-state index in [1.165, 1.54) is 5.57 Å². The Labute approximate surface area is 171 Å². The van der Waals surface area contributed by atoms with Crippen LogP contribution in [0.1, 0.15) is 25.8 Å². The molecule has 1 aliphatic heterocycles. The molecule has 0 saturated carbocycles. The van der Waals surface area contributed by atoms with E-state index in [4.69, 9.17) is 14.5 Å². The zero-order valence-corrected chi connectivity index (χ0v) is 17.1. The SMILES string of the molecule is CC/C(C)=C/c1ccc(OCCN2CCOCC2)cc1-c1nc2cccnc2[nH]1. The maximum Gasteiger partial charge on any atom is 0.157 e. The number of aromatic nitrogens is 3. The van der Waals surface area contributed by atoms with E-state index in [0.29, 0.717) is 6.61 Å². The van der Waals surface area contributed by atoms with Gasteiger partial charge in [-0.2, -0.15) is 0 Å². The largest absolute Gasteiger partial charge is 0.492 e. The van der Waals surface area contributed by atoms with Crippen LogP contribution < -0.4 is 4.74 Å². The Morgan fingerprint density at radius 1 is 1.28 bits per heavy atom. The second-order valence-corrected chi connectivity index (χ2v) is 7.35. The normalized spacial score (nSPS) is 15.7. The van der Waals surface area contributed by atoms with Crippen LogP contribution in [0.3, 0.4) is 0 Å². The number of ether oxygens (including phenoxy) is 2. The molecule has 4 rings (SSSR count).